The summed E-state index contributed by atoms with van der Waals surface area (Å²) in [6.45, 7) is 5.21. The summed E-state index contributed by atoms with van der Waals surface area (Å²) in [5.41, 5.74) is 1.07. The first-order valence-corrected chi connectivity index (χ1v) is 7.82. The fourth-order valence-corrected chi connectivity index (χ4v) is 2.56. The first-order valence-electron chi connectivity index (χ1n) is 7.07. The zero-order valence-corrected chi connectivity index (χ0v) is 13.7. The molecule has 1 N–H and O–H groups in total. The monoisotopic (exact) mass is 323 g/mol. The minimum absolute atomic E-state index is 0.215. The summed E-state index contributed by atoms with van der Waals surface area (Å²) in [6, 6.07) is 13.3. The molecular formula is C17H19Cl2NO. The van der Waals surface area contributed by atoms with Crippen LogP contribution in [0.15, 0.2) is 42.5 Å². The smallest absolute Gasteiger partial charge is 0.146 e. The molecule has 0 saturated carbocycles. The zero-order valence-electron chi connectivity index (χ0n) is 12.2. The molecule has 0 bridgehead atoms. The molecule has 1 atom stereocenters. The predicted octanol–water partition coefficient (Wildman–Crippen LogP) is 5.85. The molecule has 4 heteroatoms. The Hall–Kier alpha value is -1.22. The van der Waals surface area contributed by atoms with Crippen LogP contribution in [0.5, 0.6) is 11.5 Å². The van der Waals surface area contributed by atoms with Crippen LogP contribution in [-0.4, -0.2) is 6.54 Å². The van der Waals surface area contributed by atoms with Gasteiger partial charge in [0.25, 0.3) is 0 Å². The number of nitrogens with one attached hydrogen (secondary N) is 1. The standard InChI is InChI=1S/C17H19Cl2NO/c1-3-10-20-12(2)14-9-8-13(11-16(14)19)21-17-7-5-4-6-15(17)18/h4-9,11-12,20H,3,10H2,1-2H3. The molecule has 2 aromatic carbocycles. The van der Waals surface area contributed by atoms with E-state index in [0.717, 1.165) is 18.5 Å². The van der Waals surface area contributed by atoms with Crippen molar-refractivity contribution in [3.63, 3.8) is 0 Å². The van der Waals surface area contributed by atoms with Gasteiger partial charge in [0, 0.05) is 11.1 Å². The van der Waals surface area contributed by atoms with E-state index in [1.54, 1.807) is 6.07 Å². The second-order valence-corrected chi connectivity index (χ2v) is 5.71. The molecule has 0 radical (unpaired) electrons. The van der Waals surface area contributed by atoms with Crippen LogP contribution in [0.1, 0.15) is 31.9 Å². The number of hydrogen-bond donors (Lipinski definition) is 1. The van der Waals surface area contributed by atoms with Gasteiger partial charge in [-0.15, -0.1) is 0 Å². The minimum atomic E-state index is 0.215. The first kappa shape index (κ1) is 16.2. The molecule has 2 nitrogen and oxygen atoms in total. The lowest BCUT2D eigenvalue weighted by molar-refractivity contribution is 0.482. The van der Waals surface area contributed by atoms with E-state index in [2.05, 4.69) is 19.2 Å². The van der Waals surface area contributed by atoms with Crippen LogP contribution < -0.4 is 10.1 Å². The van der Waals surface area contributed by atoms with Crippen LogP contribution in [0.2, 0.25) is 10.0 Å². The van der Waals surface area contributed by atoms with Gasteiger partial charge < -0.3 is 10.1 Å². The topological polar surface area (TPSA) is 21.3 Å². The molecular weight excluding hydrogens is 305 g/mol. The third-order valence-corrected chi connectivity index (χ3v) is 3.84. The van der Waals surface area contributed by atoms with Gasteiger partial charge in [-0.25, -0.2) is 0 Å². The summed E-state index contributed by atoms with van der Waals surface area (Å²) in [5.74, 6) is 1.31. The predicted molar refractivity (Wildman–Crippen MR) is 89.7 cm³/mol. The highest BCUT2D eigenvalue weighted by Gasteiger charge is 2.10. The van der Waals surface area contributed by atoms with Gasteiger partial charge in [0.1, 0.15) is 11.5 Å². The molecule has 0 fully saturated rings. The maximum atomic E-state index is 6.36. The Morgan fingerprint density at radius 1 is 1.10 bits per heavy atom. The maximum Gasteiger partial charge on any atom is 0.146 e. The molecule has 0 amide bonds. The highest BCUT2D eigenvalue weighted by Crippen LogP contribution is 2.32. The van der Waals surface area contributed by atoms with Crippen LogP contribution in [0.3, 0.4) is 0 Å². The first-order chi connectivity index (χ1) is 10.1. The van der Waals surface area contributed by atoms with Crippen LogP contribution in [0, 0.1) is 0 Å². The molecule has 0 aromatic heterocycles. The van der Waals surface area contributed by atoms with E-state index in [4.69, 9.17) is 27.9 Å². The van der Waals surface area contributed by atoms with Gasteiger partial charge in [-0.3, -0.25) is 0 Å². The van der Waals surface area contributed by atoms with Crippen molar-refractivity contribution in [2.45, 2.75) is 26.3 Å². The van der Waals surface area contributed by atoms with E-state index >= 15 is 0 Å². The Balaban J connectivity index is 2.14. The highest BCUT2D eigenvalue weighted by atomic mass is 35.5. The lowest BCUT2D eigenvalue weighted by atomic mass is 10.1. The second-order valence-electron chi connectivity index (χ2n) is 4.89. The average molecular weight is 324 g/mol. The number of benzene rings is 2. The van der Waals surface area contributed by atoms with Crippen molar-refractivity contribution in [1.29, 1.82) is 0 Å². The molecule has 1 unspecified atom stereocenters. The third-order valence-electron chi connectivity index (χ3n) is 3.20. The van der Waals surface area contributed by atoms with E-state index in [1.165, 1.54) is 0 Å². The van der Waals surface area contributed by atoms with Crippen LogP contribution >= 0.6 is 23.2 Å². The van der Waals surface area contributed by atoms with Gasteiger partial charge >= 0.3 is 0 Å². The van der Waals surface area contributed by atoms with Gasteiger partial charge in [0.05, 0.1) is 5.02 Å². The van der Waals surface area contributed by atoms with Gasteiger partial charge in [0.2, 0.25) is 0 Å². The van der Waals surface area contributed by atoms with Crippen molar-refractivity contribution in [3.05, 3.63) is 58.1 Å². The van der Waals surface area contributed by atoms with Crippen molar-refractivity contribution in [2.24, 2.45) is 0 Å². The normalized spacial score (nSPS) is 12.2. The van der Waals surface area contributed by atoms with Crippen molar-refractivity contribution < 1.29 is 4.74 Å². The Bertz CT molecular complexity index is 601. The van der Waals surface area contributed by atoms with Crippen molar-refractivity contribution in [3.8, 4) is 11.5 Å². The molecule has 2 aromatic rings. The van der Waals surface area contributed by atoms with Crippen molar-refractivity contribution in [2.75, 3.05) is 6.54 Å². The summed E-state index contributed by atoms with van der Waals surface area (Å²) < 4.78 is 5.77. The summed E-state index contributed by atoms with van der Waals surface area (Å²) in [7, 11) is 0. The molecule has 0 heterocycles. The van der Waals surface area contributed by atoms with E-state index in [0.29, 0.717) is 21.5 Å². The lowest BCUT2D eigenvalue weighted by Gasteiger charge is -2.16. The van der Waals surface area contributed by atoms with Crippen LogP contribution in [0.4, 0.5) is 0 Å². The van der Waals surface area contributed by atoms with Crippen molar-refractivity contribution >= 4 is 23.2 Å². The fraction of sp³-hybridized carbons (Fsp3) is 0.294. The minimum Gasteiger partial charge on any atom is -0.456 e. The van der Waals surface area contributed by atoms with Gasteiger partial charge in [-0.1, -0.05) is 48.3 Å². The highest BCUT2D eigenvalue weighted by molar-refractivity contribution is 6.32. The number of hydrogen-bond acceptors (Lipinski definition) is 2. The molecule has 2 rings (SSSR count). The van der Waals surface area contributed by atoms with Gasteiger partial charge in [-0.2, -0.15) is 0 Å². The number of halogens is 2. The Labute approximate surface area is 136 Å². The summed E-state index contributed by atoms with van der Waals surface area (Å²) >= 11 is 12.4. The average Bonchev–Trinajstić information content (AvgIpc) is 2.47. The van der Waals surface area contributed by atoms with E-state index in [1.807, 2.05) is 36.4 Å². The Morgan fingerprint density at radius 3 is 2.52 bits per heavy atom. The van der Waals surface area contributed by atoms with Gasteiger partial charge in [0.15, 0.2) is 0 Å². The Morgan fingerprint density at radius 2 is 1.86 bits per heavy atom. The largest absolute Gasteiger partial charge is 0.456 e. The summed E-state index contributed by atoms with van der Waals surface area (Å²) in [6.07, 6.45) is 1.09. The summed E-state index contributed by atoms with van der Waals surface area (Å²) in [4.78, 5) is 0. The molecule has 0 aliphatic heterocycles. The number of para-hydroxylation sites is 1. The fourth-order valence-electron chi connectivity index (χ4n) is 2.05. The molecule has 0 saturated heterocycles. The summed E-state index contributed by atoms with van der Waals surface area (Å²) in [5, 5.41) is 4.69. The zero-order chi connectivity index (χ0) is 15.2. The van der Waals surface area contributed by atoms with Gasteiger partial charge in [-0.05, 0) is 49.7 Å². The second kappa shape index (κ2) is 7.69. The van der Waals surface area contributed by atoms with E-state index < -0.39 is 0 Å². The van der Waals surface area contributed by atoms with E-state index in [-0.39, 0.29) is 6.04 Å². The Kier molecular flexibility index (Phi) is 5.92. The molecule has 0 aliphatic rings. The quantitative estimate of drug-likeness (QED) is 0.720. The molecule has 112 valence electrons. The molecule has 0 spiro atoms. The SMILES string of the molecule is CCCNC(C)c1ccc(Oc2ccccc2Cl)cc1Cl. The molecule has 21 heavy (non-hydrogen) atoms. The van der Waals surface area contributed by atoms with E-state index in [9.17, 15) is 0 Å². The third kappa shape index (κ3) is 4.37. The molecule has 0 aliphatic carbocycles. The lowest BCUT2D eigenvalue weighted by Crippen LogP contribution is -2.19. The number of ether oxygens (including phenoxy) is 1. The maximum absolute atomic E-state index is 6.36. The van der Waals surface area contributed by atoms with Crippen LogP contribution in [-0.2, 0) is 0 Å². The van der Waals surface area contributed by atoms with Crippen molar-refractivity contribution in [1.82, 2.24) is 5.32 Å². The number of rotatable bonds is 6. The van der Waals surface area contributed by atoms with Crippen LogP contribution in [0.25, 0.3) is 0 Å².